The minimum atomic E-state index is -4.51. The molecule has 2 heterocycles. The molecule has 1 aliphatic carbocycles. The highest BCUT2D eigenvalue weighted by Gasteiger charge is 2.37. The molecule has 200 valence electrons. The molecule has 4 N–H and O–H groups in total. The molecule has 0 radical (unpaired) electrons. The highest BCUT2D eigenvalue weighted by atomic mass is 35.5. The number of fused-ring (bicyclic) bond motifs is 2. The first-order valence-corrected chi connectivity index (χ1v) is 14.1. The summed E-state index contributed by atoms with van der Waals surface area (Å²) < 4.78 is 61.0. The number of rotatable bonds is 6. The van der Waals surface area contributed by atoms with E-state index in [9.17, 15) is 37.3 Å². The molecule has 2 aromatic carbocycles. The van der Waals surface area contributed by atoms with E-state index in [2.05, 4.69) is 0 Å². The second-order valence-corrected chi connectivity index (χ2v) is 12.0. The highest BCUT2D eigenvalue weighted by Crippen LogP contribution is 2.46. The van der Waals surface area contributed by atoms with Crippen molar-refractivity contribution in [3.8, 4) is 23.5 Å². The lowest BCUT2D eigenvalue weighted by atomic mass is 9.90. The van der Waals surface area contributed by atoms with Crippen molar-refractivity contribution in [2.45, 2.75) is 22.6 Å². The third kappa shape index (κ3) is 4.24. The molecule has 5 rings (SSSR count). The van der Waals surface area contributed by atoms with Crippen molar-refractivity contribution >= 4 is 43.4 Å². The van der Waals surface area contributed by atoms with Crippen LogP contribution >= 0.6 is 23.2 Å². The van der Waals surface area contributed by atoms with E-state index in [1.807, 2.05) is 0 Å². The van der Waals surface area contributed by atoms with Crippen molar-refractivity contribution in [2.75, 3.05) is 0 Å². The van der Waals surface area contributed by atoms with Crippen molar-refractivity contribution in [1.29, 1.82) is 0 Å². The fourth-order valence-electron chi connectivity index (χ4n) is 3.95. The lowest BCUT2D eigenvalue weighted by molar-refractivity contribution is 0.200. The van der Waals surface area contributed by atoms with Crippen LogP contribution in [0.15, 0.2) is 58.3 Å². The van der Waals surface area contributed by atoms with Crippen LogP contribution in [0.25, 0.3) is 0 Å². The number of halogens is 2. The molecule has 16 heteroatoms. The zero-order valence-electron chi connectivity index (χ0n) is 18.7. The molecular formula is C22H16Cl2N2O10S2. The monoisotopic (exact) mass is 602 g/mol. The second-order valence-electron chi connectivity index (χ2n) is 8.12. The van der Waals surface area contributed by atoms with Crippen LogP contribution in [0.3, 0.4) is 0 Å². The van der Waals surface area contributed by atoms with E-state index in [0.29, 0.717) is 9.46 Å². The van der Waals surface area contributed by atoms with Crippen LogP contribution < -0.4 is 8.57 Å². The summed E-state index contributed by atoms with van der Waals surface area (Å²) in [5.41, 5.74) is -0.132. The van der Waals surface area contributed by atoms with Crippen molar-refractivity contribution in [2.24, 2.45) is 0 Å². The Bertz CT molecular complexity index is 1610. The first kappa shape index (κ1) is 25.9. The van der Waals surface area contributed by atoms with E-state index < -0.39 is 43.8 Å². The van der Waals surface area contributed by atoms with Gasteiger partial charge in [-0.1, -0.05) is 32.7 Å². The average molecular weight is 603 g/mol. The molecule has 0 fully saturated rings. The van der Waals surface area contributed by atoms with Crippen LogP contribution in [0.5, 0.6) is 23.5 Å². The van der Waals surface area contributed by atoms with Gasteiger partial charge in [-0.05, 0) is 48.5 Å². The number of benzene rings is 2. The van der Waals surface area contributed by atoms with Gasteiger partial charge in [0.1, 0.15) is 9.79 Å². The van der Waals surface area contributed by atoms with Gasteiger partial charge >= 0.3 is 20.2 Å². The molecule has 0 atom stereocenters. The first-order valence-electron chi connectivity index (χ1n) is 10.5. The van der Waals surface area contributed by atoms with Gasteiger partial charge in [-0.2, -0.15) is 16.8 Å². The molecule has 1 aliphatic rings. The van der Waals surface area contributed by atoms with Gasteiger partial charge in [0, 0.05) is 45.1 Å². The molecular weight excluding hydrogens is 587 g/mol. The maximum atomic E-state index is 12.6. The molecule has 0 aliphatic heterocycles. The molecule has 4 aromatic rings. The maximum Gasteiger partial charge on any atom is 0.357 e. The van der Waals surface area contributed by atoms with Gasteiger partial charge in [0.15, 0.2) is 0 Å². The first-order chi connectivity index (χ1) is 17.8. The Balaban J connectivity index is 1.48. The number of aromatic hydroxyl groups is 4. The van der Waals surface area contributed by atoms with E-state index in [-0.39, 0.29) is 54.9 Å². The second kappa shape index (κ2) is 8.94. The van der Waals surface area contributed by atoms with Gasteiger partial charge in [-0.25, -0.2) is 0 Å². The summed E-state index contributed by atoms with van der Waals surface area (Å²) in [6.07, 6.45) is -0.698. The van der Waals surface area contributed by atoms with E-state index in [1.165, 1.54) is 24.3 Å². The normalized spacial score (nSPS) is 13.1. The smallest absolute Gasteiger partial charge is 0.357 e. The SMILES string of the molecule is O=S(=O)(On1c(O)c2c(c1O)Cc1c(c(O)n(OS(=O)(=O)c3ccc(Cl)cc3)c1O)C2)c1ccc(Cl)cc1. The lowest BCUT2D eigenvalue weighted by Gasteiger charge is -2.11. The van der Waals surface area contributed by atoms with Crippen molar-refractivity contribution in [1.82, 2.24) is 9.46 Å². The van der Waals surface area contributed by atoms with E-state index in [0.717, 1.165) is 24.3 Å². The van der Waals surface area contributed by atoms with Gasteiger partial charge < -0.3 is 20.4 Å². The van der Waals surface area contributed by atoms with Crippen LogP contribution in [-0.4, -0.2) is 46.7 Å². The van der Waals surface area contributed by atoms with E-state index in [1.54, 1.807) is 0 Å². The Morgan fingerprint density at radius 1 is 0.553 bits per heavy atom. The Morgan fingerprint density at radius 2 is 0.816 bits per heavy atom. The summed E-state index contributed by atoms with van der Waals surface area (Å²) in [5, 5.41) is 43.2. The summed E-state index contributed by atoms with van der Waals surface area (Å²) in [4.78, 5) is -0.612. The van der Waals surface area contributed by atoms with Crippen LogP contribution in [-0.2, 0) is 33.1 Å². The standard InChI is InChI=1S/C22H16Cl2N2O10S2/c23-11-1-5-13(6-2-11)37(31,32)35-25-19(27)15-9-17-18(10-16(15)20(25)28)22(30)26(21(17)29)36-38(33,34)14-7-3-12(24)4-8-14/h1-8,27-30H,9-10H2. The van der Waals surface area contributed by atoms with E-state index in [4.69, 9.17) is 31.8 Å². The highest BCUT2D eigenvalue weighted by molar-refractivity contribution is 7.87. The van der Waals surface area contributed by atoms with Crippen LogP contribution in [0.2, 0.25) is 10.0 Å². The number of hydrogen-bond acceptors (Lipinski definition) is 10. The molecule has 0 spiro atoms. The molecule has 0 bridgehead atoms. The van der Waals surface area contributed by atoms with Gasteiger partial charge in [0.2, 0.25) is 23.5 Å². The summed E-state index contributed by atoms with van der Waals surface area (Å²) >= 11 is 11.5. The third-order valence-electron chi connectivity index (χ3n) is 5.83. The van der Waals surface area contributed by atoms with Gasteiger partial charge in [-0.15, -0.1) is 0 Å². The van der Waals surface area contributed by atoms with Crippen LogP contribution in [0, 0.1) is 0 Å². The summed E-state index contributed by atoms with van der Waals surface area (Å²) in [6.45, 7) is 0. The summed E-state index contributed by atoms with van der Waals surface area (Å²) in [6, 6.07) is 9.90. The van der Waals surface area contributed by atoms with Gasteiger partial charge in [0.25, 0.3) is 0 Å². The lowest BCUT2D eigenvalue weighted by Crippen LogP contribution is -2.20. The quantitative estimate of drug-likeness (QED) is 0.226. The largest absolute Gasteiger partial charge is 0.492 e. The summed E-state index contributed by atoms with van der Waals surface area (Å²) in [7, 11) is -9.03. The Labute approximate surface area is 225 Å². The average Bonchev–Trinajstić information content (AvgIpc) is 3.23. The van der Waals surface area contributed by atoms with Crippen molar-refractivity contribution in [3.05, 3.63) is 80.8 Å². The number of hydrogen-bond donors (Lipinski definition) is 4. The topological polar surface area (TPSA) is 178 Å². The fraction of sp³-hybridized carbons (Fsp3) is 0.0909. The zero-order valence-corrected chi connectivity index (χ0v) is 21.9. The van der Waals surface area contributed by atoms with Crippen molar-refractivity contribution < 1.29 is 45.8 Å². The van der Waals surface area contributed by atoms with Gasteiger partial charge in [-0.3, -0.25) is 8.57 Å². The van der Waals surface area contributed by atoms with Crippen molar-refractivity contribution in [3.63, 3.8) is 0 Å². The minimum Gasteiger partial charge on any atom is -0.492 e. The van der Waals surface area contributed by atoms with Crippen LogP contribution in [0.4, 0.5) is 0 Å². The predicted molar refractivity (Wildman–Crippen MR) is 132 cm³/mol. The number of nitrogens with zero attached hydrogens (tertiary/aromatic N) is 2. The molecule has 2 aromatic heterocycles. The summed E-state index contributed by atoms with van der Waals surface area (Å²) in [5.74, 6) is -3.16. The molecule has 12 nitrogen and oxygen atoms in total. The Kier molecular flexibility index (Phi) is 6.10. The maximum absolute atomic E-state index is 12.6. The molecule has 0 unspecified atom stereocenters. The van der Waals surface area contributed by atoms with Crippen LogP contribution in [0.1, 0.15) is 22.3 Å². The van der Waals surface area contributed by atoms with Gasteiger partial charge in [0.05, 0.1) is 0 Å². The third-order valence-corrected chi connectivity index (χ3v) is 8.73. The number of aromatic nitrogens is 2. The molecule has 38 heavy (non-hydrogen) atoms. The molecule has 0 saturated heterocycles. The minimum absolute atomic E-state index is 0.0330. The molecule has 0 saturated carbocycles. The Hall–Kier alpha value is -3.72. The fourth-order valence-corrected chi connectivity index (χ4v) is 5.99. The molecule has 0 amide bonds. The van der Waals surface area contributed by atoms with E-state index >= 15 is 0 Å². The predicted octanol–water partition coefficient (Wildman–Crippen LogP) is 2.55. The zero-order chi connectivity index (χ0) is 27.6. The Morgan fingerprint density at radius 3 is 1.08 bits per heavy atom.